The Bertz CT molecular complexity index is 683. The quantitative estimate of drug-likeness (QED) is 0.681. The fourth-order valence-electron chi connectivity index (χ4n) is 1.71. The van der Waals surface area contributed by atoms with Crippen molar-refractivity contribution in [2.45, 2.75) is 0 Å². The molecule has 0 saturated carbocycles. The molecule has 0 aliphatic carbocycles. The molecule has 0 atom stereocenters. The highest BCUT2D eigenvalue weighted by Crippen LogP contribution is 2.53. The number of rotatable bonds is 3. The minimum Gasteiger partial charge on any atom is -0.244 e. The zero-order valence-electron chi connectivity index (χ0n) is 12.4. The Hall–Kier alpha value is -1.16. The van der Waals surface area contributed by atoms with Crippen molar-refractivity contribution in [3.05, 3.63) is 53.9 Å². The molecular weight excluding hydrogens is 368 g/mol. The number of hydrogen-bond donors (Lipinski definition) is 0. The first-order valence-corrected chi connectivity index (χ1v) is 10.0. The highest BCUT2D eigenvalue weighted by atomic mass is 32.2. The molecule has 5 nitrogen and oxygen atoms in total. The minimum absolute atomic E-state index is 0.250. The molecule has 0 fully saturated rings. The van der Waals surface area contributed by atoms with Crippen molar-refractivity contribution in [2.24, 2.45) is 5.10 Å². The van der Waals surface area contributed by atoms with Gasteiger partial charge in [0.15, 0.2) is 5.84 Å². The minimum atomic E-state index is -0.250. The first kappa shape index (κ1) is 16.7. The van der Waals surface area contributed by atoms with Gasteiger partial charge in [-0.1, -0.05) is 59.2 Å². The third kappa shape index (κ3) is 4.23. The van der Waals surface area contributed by atoms with E-state index >= 15 is 0 Å². The number of hydrazone groups is 1. The lowest BCUT2D eigenvalue weighted by molar-refractivity contribution is 0.155. The number of carbonyl (C=O) groups excluding carboxylic acids is 1. The van der Waals surface area contributed by atoms with E-state index in [4.69, 9.17) is 0 Å². The van der Waals surface area contributed by atoms with Gasteiger partial charge < -0.3 is 0 Å². The Morgan fingerprint density at radius 3 is 2.48 bits per heavy atom. The van der Waals surface area contributed by atoms with E-state index in [1.165, 1.54) is 23.4 Å². The summed E-state index contributed by atoms with van der Waals surface area (Å²) in [5, 5.41) is 13.0. The van der Waals surface area contributed by atoms with E-state index in [0.717, 1.165) is 0 Å². The van der Waals surface area contributed by atoms with Crippen LogP contribution in [0.4, 0.5) is 4.79 Å². The second kappa shape index (κ2) is 7.61. The molecule has 3 rings (SSSR count). The average molecular weight is 382 g/mol. The molecule has 0 saturated heterocycles. The average Bonchev–Trinajstić information content (AvgIpc) is 3.19. The molecule has 119 valence electrons. The molecule has 0 aromatic carbocycles. The van der Waals surface area contributed by atoms with Gasteiger partial charge in [0, 0.05) is 19.0 Å². The van der Waals surface area contributed by atoms with E-state index in [0.29, 0.717) is 5.84 Å². The van der Waals surface area contributed by atoms with Crippen LogP contribution in [-0.2, 0) is 0 Å². The first-order valence-electron chi connectivity index (χ1n) is 6.57. The van der Waals surface area contributed by atoms with E-state index in [1.807, 2.05) is 12.2 Å². The van der Waals surface area contributed by atoms with Gasteiger partial charge in [0.05, 0.1) is 8.47 Å². The van der Waals surface area contributed by atoms with Crippen LogP contribution in [0.1, 0.15) is 0 Å². The molecule has 0 unspecified atom stereocenters. The summed E-state index contributed by atoms with van der Waals surface area (Å²) in [6.07, 6.45) is 7.66. The Labute approximate surface area is 152 Å². The van der Waals surface area contributed by atoms with Gasteiger partial charge in [-0.05, 0) is 28.4 Å². The van der Waals surface area contributed by atoms with Gasteiger partial charge in [0.1, 0.15) is 0 Å². The fraction of sp³-hybridized carbons (Fsp3) is 0.143. The summed E-state index contributed by atoms with van der Waals surface area (Å²) in [5.41, 5.74) is 4.07. The lowest BCUT2D eigenvalue weighted by Gasteiger charge is -2.25. The van der Waals surface area contributed by atoms with Crippen molar-refractivity contribution in [1.82, 2.24) is 15.4 Å². The number of thioether (sulfide) groups is 4. The maximum Gasteiger partial charge on any atom is 0.360 e. The van der Waals surface area contributed by atoms with E-state index in [2.05, 4.69) is 32.8 Å². The Balaban J connectivity index is 1.55. The number of nitrogens with zero attached hydrogens (tertiary/aromatic N) is 4. The lowest BCUT2D eigenvalue weighted by atomic mass is 10.4. The highest BCUT2D eigenvalue weighted by molar-refractivity contribution is 8.33. The van der Waals surface area contributed by atoms with Gasteiger partial charge in [-0.3, -0.25) is 0 Å². The second-order valence-electron chi connectivity index (χ2n) is 4.43. The van der Waals surface area contributed by atoms with Crippen LogP contribution in [0.15, 0.2) is 59.0 Å². The molecule has 1 radical (unpaired) electrons. The molecule has 23 heavy (non-hydrogen) atoms. The van der Waals surface area contributed by atoms with Crippen LogP contribution in [0, 0.1) is 0 Å². The lowest BCUT2D eigenvalue weighted by Crippen LogP contribution is -2.47. The summed E-state index contributed by atoms with van der Waals surface area (Å²) in [6.45, 7) is 0. The smallest absolute Gasteiger partial charge is 0.244 e. The number of amidine groups is 1. The fourth-order valence-corrected chi connectivity index (χ4v) is 6.07. The number of hydrogen-bond acceptors (Lipinski definition) is 6. The topological polar surface area (TPSA) is 50.0 Å². The summed E-state index contributed by atoms with van der Waals surface area (Å²) in [7, 11) is 3.22. The first-order chi connectivity index (χ1) is 11.1. The van der Waals surface area contributed by atoms with Crippen molar-refractivity contribution < 1.29 is 4.79 Å². The molecule has 0 bridgehead atoms. The van der Waals surface area contributed by atoms with E-state index in [1.54, 1.807) is 67.2 Å². The summed E-state index contributed by atoms with van der Waals surface area (Å²) in [5.74, 6) is 0.495. The molecule has 0 spiro atoms. The number of allylic oxidation sites excluding steroid dienone is 3. The molecule has 3 aliphatic rings. The number of amides is 2. The highest BCUT2D eigenvalue weighted by Gasteiger charge is 2.21. The molecule has 0 aromatic rings. The summed E-state index contributed by atoms with van der Waals surface area (Å²) in [6, 6.07) is -0.250. The Kier molecular flexibility index (Phi) is 5.52. The third-order valence-electron chi connectivity index (χ3n) is 2.74. The Morgan fingerprint density at radius 1 is 1.00 bits per heavy atom. The maximum absolute atomic E-state index is 11.5. The van der Waals surface area contributed by atoms with Gasteiger partial charge in [-0.25, -0.2) is 14.8 Å². The zero-order chi connectivity index (χ0) is 16.2. The SMILES string of the molecule is CN1[N]C(/C=C/C=C/C2=CSC(=C3SC=CS3)S2)=NN(C)C1=O. The number of carbonyl (C=O) groups is 1. The molecule has 0 aromatic heterocycles. The third-order valence-corrected chi connectivity index (χ3v) is 7.74. The van der Waals surface area contributed by atoms with Crippen molar-refractivity contribution >= 4 is 58.9 Å². The van der Waals surface area contributed by atoms with Gasteiger partial charge in [0.2, 0.25) is 0 Å². The van der Waals surface area contributed by atoms with Crippen molar-refractivity contribution in [2.75, 3.05) is 14.1 Å². The molecule has 3 heterocycles. The van der Waals surface area contributed by atoms with Crippen LogP contribution in [0.3, 0.4) is 0 Å². The van der Waals surface area contributed by atoms with Gasteiger partial charge in [0.25, 0.3) is 0 Å². The van der Waals surface area contributed by atoms with Crippen LogP contribution >= 0.6 is 47.0 Å². The summed E-state index contributed by atoms with van der Waals surface area (Å²) >= 11 is 7.09. The summed E-state index contributed by atoms with van der Waals surface area (Å²) in [4.78, 5) is 12.7. The molecule has 9 heteroatoms. The maximum atomic E-state index is 11.5. The summed E-state index contributed by atoms with van der Waals surface area (Å²) < 4.78 is 2.68. The van der Waals surface area contributed by atoms with Crippen LogP contribution in [0.2, 0.25) is 0 Å². The normalized spacial score (nSPS) is 21.7. The van der Waals surface area contributed by atoms with Crippen LogP contribution in [0.25, 0.3) is 0 Å². The van der Waals surface area contributed by atoms with Crippen molar-refractivity contribution in [3.63, 3.8) is 0 Å². The van der Waals surface area contributed by atoms with E-state index in [-0.39, 0.29) is 6.03 Å². The molecule has 0 N–H and O–H groups in total. The molecular formula is C14H13N4OS4. The molecule has 2 amide bonds. The second-order valence-corrected chi connectivity index (χ2v) is 8.74. The van der Waals surface area contributed by atoms with Gasteiger partial charge in [-0.2, -0.15) is 0 Å². The largest absolute Gasteiger partial charge is 0.360 e. The standard InChI is InChI=1S/C14H13N4OS4/c1-17-14(19)18(2)16-11(15-17)6-4-3-5-10-9-22-13(23-10)12-20-7-8-21-12/h3-9H,1-2H3/b5-3+,6-4+. The van der Waals surface area contributed by atoms with E-state index in [9.17, 15) is 4.79 Å². The molecule has 3 aliphatic heterocycles. The monoisotopic (exact) mass is 381 g/mol. The van der Waals surface area contributed by atoms with Gasteiger partial charge >= 0.3 is 6.03 Å². The predicted octanol–water partition coefficient (Wildman–Crippen LogP) is 4.33. The predicted molar refractivity (Wildman–Crippen MR) is 103 cm³/mol. The van der Waals surface area contributed by atoms with Crippen LogP contribution in [0.5, 0.6) is 0 Å². The number of urea groups is 1. The van der Waals surface area contributed by atoms with Gasteiger partial charge in [-0.15, -0.1) is 10.5 Å². The van der Waals surface area contributed by atoms with Crippen molar-refractivity contribution in [3.8, 4) is 0 Å². The van der Waals surface area contributed by atoms with E-state index < -0.39 is 0 Å². The Morgan fingerprint density at radius 2 is 1.74 bits per heavy atom. The van der Waals surface area contributed by atoms with Crippen molar-refractivity contribution in [1.29, 1.82) is 0 Å². The van der Waals surface area contributed by atoms with Crippen LogP contribution in [-0.4, -0.2) is 36.0 Å². The zero-order valence-corrected chi connectivity index (χ0v) is 15.6. The van der Waals surface area contributed by atoms with Crippen LogP contribution < -0.4 is 5.43 Å².